The lowest BCUT2D eigenvalue weighted by molar-refractivity contribution is -0.157. The summed E-state index contributed by atoms with van der Waals surface area (Å²) in [5, 5.41) is 0. The summed E-state index contributed by atoms with van der Waals surface area (Å²) in [4.78, 5) is 26.9. The molecule has 5 nitrogen and oxygen atoms in total. The van der Waals surface area contributed by atoms with E-state index in [1.165, 1.54) is 4.90 Å². The van der Waals surface area contributed by atoms with Crippen LogP contribution < -0.4 is 0 Å². The van der Waals surface area contributed by atoms with E-state index in [1.54, 1.807) is 20.8 Å². The van der Waals surface area contributed by atoms with Crippen molar-refractivity contribution in [3.63, 3.8) is 0 Å². The lowest BCUT2D eigenvalue weighted by Crippen LogP contribution is -2.58. The second-order valence-electron chi connectivity index (χ2n) is 7.98. The number of imide groups is 1. The van der Waals surface area contributed by atoms with Gasteiger partial charge in [-0.25, -0.2) is 9.69 Å². The molecule has 0 radical (unpaired) electrons. The smallest absolute Gasteiger partial charge is 0.417 e. The average molecular weight is 347 g/mol. The number of ether oxygens (including phenoxy) is 2. The number of hydrogen-bond acceptors (Lipinski definition) is 4. The zero-order chi connectivity index (χ0) is 18.6. The van der Waals surface area contributed by atoms with E-state index in [0.29, 0.717) is 25.4 Å². The number of carbonyl (C=O) groups excluding carboxylic acids is 2. The highest BCUT2D eigenvalue weighted by atomic mass is 16.6. The van der Waals surface area contributed by atoms with Crippen LogP contribution in [0.3, 0.4) is 0 Å². The molecule has 1 aromatic carbocycles. The van der Waals surface area contributed by atoms with Crippen LogP contribution in [0.4, 0.5) is 4.79 Å². The van der Waals surface area contributed by atoms with Gasteiger partial charge in [0.1, 0.15) is 11.7 Å². The lowest BCUT2D eigenvalue weighted by atomic mass is 9.99. The summed E-state index contributed by atoms with van der Waals surface area (Å²) in [5.74, 6) is 0.0343. The van der Waals surface area contributed by atoms with Gasteiger partial charge in [-0.15, -0.1) is 0 Å². The minimum Gasteiger partial charge on any atom is -0.443 e. The van der Waals surface area contributed by atoms with Crippen LogP contribution in [0.5, 0.6) is 0 Å². The first-order valence-electron chi connectivity index (χ1n) is 8.89. The van der Waals surface area contributed by atoms with Gasteiger partial charge in [0.15, 0.2) is 0 Å². The number of amides is 2. The Kier molecular flexibility index (Phi) is 6.22. The van der Waals surface area contributed by atoms with Crippen LogP contribution in [0.1, 0.15) is 46.6 Å². The van der Waals surface area contributed by atoms with Crippen LogP contribution in [0.2, 0.25) is 0 Å². The summed E-state index contributed by atoms with van der Waals surface area (Å²) in [5.41, 5.74) is 0.361. The number of rotatable bonds is 4. The van der Waals surface area contributed by atoms with Gasteiger partial charge in [0.05, 0.1) is 12.6 Å². The molecule has 0 spiro atoms. The molecule has 2 rings (SSSR count). The van der Waals surface area contributed by atoms with E-state index in [9.17, 15) is 9.59 Å². The monoisotopic (exact) mass is 347 g/mol. The van der Waals surface area contributed by atoms with Gasteiger partial charge < -0.3 is 9.47 Å². The molecule has 0 bridgehead atoms. The SMILES string of the molecule is CC(C)C[C@H]1CO[C@@H](Cc2ccccc2)C(=O)N1C(=O)OC(C)(C)C. The van der Waals surface area contributed by atoms with E-state index in [2.05, 4.69) is 13.8 Å². The third-order valence-corrected chi connectivity index (χ3v) is 3.97. The summed E-state index contributed by atoms with van der Waals surface area (Å²) in [7, 11) is 0. The van der Waals surface area contributed by atoms with Gasteiger partial charge in [-0.1, -0.05) is 44.2 Å². The Hall–Kier alpha value is -1.88. The van der Waals surface area contributed by atoms with Gasteiger partial charge in [0, 0.05) is 6.42 Å². The van der Waals surface area contributed by atoms with Crippen LogP contribution in [0.15, 0.2) is 30.3 Å². The summed E-state index contributed by atoms with van der Waals surface area (Å²) in [6, 6.07) is 9.41. The molecule has 1 aromatic rings. The normalized spacial score (nSPS) is 21.5. The molecular weight excluding hydrogens is 318 g/mol. The number of carbonyl (C=O) groups is 2. The van der Waals surface area contributed by atoms with Crippen molar-refractivity contribution in [3.8, 4) is 0 Å². The zero-order valence-corrected chi connectivity index (χ0v) is 15.8. The molecule has 0 N–H and O–H groups in total. The number of nitrogens with zero attached hydrogens (tertiary/aromatic N) is 1. The molecule has 25 heavy (non-hydrogen) atoms. The van der Waals surface area contributed by atoms with E-state index in [4.69, 9.17) is 9.47 Å². The van der Waals surface area contributed by atoms with Crippen molar-refractivity contribution in [2.75, 3.05) is 6.61 Å². The Balaban J connectivity index is 2.18. The molecule has 0 saturated carbocycles. The maximum Gasteiger partial charge on any atom is 0.417 e. The number of morpholine rings is 1. The summed E-state index contributed by atoms with van der Waals surface area (Å²) >= 11 is 0. The molecule has 1 aliphatic rings. The van der Waals surface area contributed by atoms with Gasteiger partial charge in [0.2, 0.25) is 0 Å². The summed E-state index contributed by atoms with van der Waals surface area (Å²) in [6.07, 6.45) is -0.0843. The van der Waals surface area contributed by atoms with E-state index >= 15 is 0 Å². The first-order chi connectivity index (χ1) is 11.7. The minimum absolute atomic E-state index is 0.283. The highest BCUT2D eigenvalue weighted by Crippen LogP contribution is 2.24. The Morgan fingerprint density at radius 2 is 1.92 bits per heavy atom. The maximum atomic E-state index is 12.9. The van der Waals surface area contributed by atoms with Crippen LogP contribution in [-0.4, -0.2) is 41.3 Å². The molecule has 5 heteroatoms. The fraction of sp³-hybridized carbons (Fsp3) is 0.600. The Morgan fingerprint density at radius 1 is 1.28 bits per heavy atom. The molecule has 1 heterocycles. The van der Waals surface area contributed by atoms with E-state index in [0.717, 1.165) is 5.56 Å². The molecule has 1 fully saturated rings. The van der Waals surface area contributed by atoms with E-state index in [-0.39, 0.29) is 11.9 Å². The van der Waals surface area contributed by atoms with Crippen LogP contribution in [0.25, 0.3) is 0 Å². The molecule has 0 unspecified atom stereocenters. The van der Waals surface area contributed by atoms with Crippen molar-refractivity contribution in [2.45, 2.75) is 65.2 Å². The second kappa shape index (κ2) is 8.00. The Morgan fingerprint density at radius 3 is 2.48 bits per heavy atom. The highest BCUT2D eigenvalue weighted by molar-refractivity contribution is 5.95. The van der Waals surface area contributed by atoms with Gasteiger partial charge in [-0.2, -0.15) is 0 Å². The van der Waals surface area contributed by atoms with Crippen molar-refractivity contribution < 1.29 is 19.1 Å². The maximum absolute atomic E-state index is 12.9. The molecule has 0 aliphatic carbocycles. The Bertz CT molecular complexity index is 591. The minimum atomic E-state index is -0.654. The topological polar surface area (TPSA) is 55.8 Å². The first-order valence-corrected chi connectivity index (χ1v) is 8.89. The average Bonchev–Trinajstić information content (AvgIpc) is 2.49. The Labute approximate surface area is 150 Å². The fourth-order valence-electron chi connectivity index (χ4n) is 2.95. The molecule has 1 aliphatic heterocycles. The van der Waals surface area contributed by atoms with Crippen molar-refractivity contribution in [3.05, 3.63) is 35.9 Å². The molecule has 0 aromatic heterocycles. The van der Waals surface area contributed by atoms with Gasteiger partial charge in [0.25, 0.3) is 5.91 Å². The van der Waals surface area contributed by atoms with Gasteiger partial charge >= 0.3 is 6.09 Å². The van der Waals surface area contributed by atoms with Crippen molar-refractivity contribution in [1.29, 1.82) is 0 Å². The number of benzene rings is 1. The molecule has 1 saturated heterocycles. The second-order valence-corrected chi connectivity index (χ2v) is 7.98. The van der Waals surface area contributed by atoms with Gasteiger partial charge in [-0.3, -0.25) is 4.79 Å². The summed E-state index contributed by atoms with van der Waals surface area (Å²) in [6.45, 7) is 9.88. The van der Waals surface area contributed by atoms with Crippen molar-refractivity contribution in [2.24, 2.45) is 5.92 Å². The van der Waals surface area contributed by atoms with Crippen molar-refractivity contribution in [1.82, 2.24) is 4.90 Å². The van der Waals surface area contributed by atoms with E-state index in [1.807, 2.05) is 30.3 Å². The molecular formula is C20H29NO4. The molecule has 2 atom stereocenters. The number of hydrogen-bond donors (Lipinski definition) is 0. The zero-order valence-electron chi connectivity index (χ0n) is 15.8. The quantitative estimate of drug-likeness (QED) is 0.831. The third-order valence-electron chi connectivity index (χ3n) is 3.97. The predicted octanol–water partition coefficient (Wildman–Crippen LogP) is 3.81. The van der Waals surface area contributed by atoms with E-state index < -0.39 is 17.8 Å². The largest absolute Gasteiger partial charge is 0.443 e. The fourth-order valence-corrected chi connectivity index (χ4v) is 2.95. The third kappa shape index (κ3) is 5.56. The van der Waals surface area contributed by atoms with Crippen LogP contribution in [-0.2, 0) is 20.7 Å². The van der Waals surface area contributed by atoms with Crippen LogP contribution >= 0.6 is 0 Å². The molecule has 2 amide bonds. The highest BCUT2D eigenvalue weighted by Gasteiger charge is 2.42. The van der Waals surface area contributed by atoms with Crippen molar-refractivity contribution >= 4 is 12.0 Å². The van der Waals surface area contributed by atoms with Gasteiger partial charge in [-0.05, 0) is 38.7 Å². The summed E-state index contributed by atoms with van der Waals surface area (Å²) < 4.78 is 11.3. The van der Waals surface area contributed by atoms with Crippen LogP contribution in [0, 0.1) is 5.92 Å². The predicted molar refractivity (Wildman–Crippen MR) is 96.2 cm³/mol. The standard InChI is InChI=1S/C20H29NO4/c1-14(2)11-16-13-24-17(12-15-9-7-6-8-10-15)18(22)21(16)19(23)25-20(3,4)5/h6-10,14,16-17H,11-13H2,1-5H3/t16-,17-/m0/s1. The molecule has 138 valence electrons. The first kappa shape index (κ1) is 19.4. The lowest BCUT2D eigenvalue weighted by Gasteiger charge is -2.39.